The molecule has 0 saturated carbocycles. The second-order valence-corrected chi connectivity index (χ2v) is 4.71. The van der Waals surface area contributed by atoms with Crippen LogP contribution in [0.5, 0.6) is 5.75 Å². The first-order chi connectivity index (χ1) is 8.13. The molecule has 17 heavy (non-hydrogen) atoms. The van der Waals surface area contributed by atoms with Crippen molar-refractivity contribution >= 4 is 11.6 Å². The van der Waals surface area contributed by atoms with Gasteiger partial charge in [-0.2, -0.15) is 0 Å². The van der Waals surface area contributed by atoms with Gasteiger partial charge in [-0.15, -0.1) is 0 Å². The lowest BCUT2D eigenvalue weighted by Crippen LogP contribution is -2.11. The van der Waals surface area contributed by atoms with E-state index >= 15 is 0 Å². The molecule has 0 aliphatic heterocycles. The maximum absolute atomic E-state index is 5.90. The Hall–Kier alpha value is -0.770. The maximum Gasteiger partial charge on any atom is 0.125 e. The summed E-state index contributed by atoms with van der Waals surface area (Å²) in [5.74, 6) is 1.29. The average Bonchev–Trinajstić information content (AvgIpc) is 2.28. The number of halogens is 1. The molecule has 0 fully saturated rings. The highest BCUT2D eigenvalue weighted by Gasteiger charge is 2.03. The molecule has 0 unspecified atom stereocenters. The van der Waals surface area contributed by atoms with Gasteiger partial charge in [-0.3, -0.25) is 0 Å². The third kappa shape index (κ3) is 5.39. The van der Waals surface area contributed by atoms with Crippen molar-refractivity contribution in [1.29, 1.82) is 0 Å². The Balaban J connectivity index is 2.37. The van der Waals surface area contributed by atoms with E-state index in [1.807, 2.05) is 12.1 Å². The quantitative estimate of drug-likeness (QED) is 0.764. The number of ether oxygens (including phenoxy) is 2. The van der Waals surface area contributed by atoms with E-state index in [9.17, 15) is 0 Å². The van der Waals surface area contributed by atoms with Gasteiger partial charge in [0.2, 0.25) is 0 Å². The summed E-state index contributed by atoms with van der Waals surface area (Å²) in [7, 11) is 0. The highest BCUT2D eigenvalue weighted by atomic mass is 35.5. The van der Waals surface area contributed by atoms with Crippen LogP contribution in [0.25, 0.3) is 0 Å². The van der Waals surface area contributed by atoms with Gasteiger partial charge in [0.25, 0.3) is 0 Å². The highest BCUT2D eigenvalue weighted by Crippen LogP contribution is 2.22. The standard InChI is InChI=1S/C13H20ClNO2/c1-10(2)9-16-5-6-17-13-7-12(14)4-3-11(13)8-15/h3-4,7,10H,5-6,8-9,15H2,1-2H3. The zero-order chi connectivity index (χ0) is 12.7. The maximum atomic E-state index is 5.90. The number of benzene rings is 1. The molecule has 1 aromatic rings. The van der Waals surface area contributed by atoms with Gasteiger partial charge in [0.1, 0.15) is 12.4 Å². The Kier molecular flexibility index (Phi) is 6.34. The summed E-state index contributed by atoms with van der Waals surface area (Å²) < 4.78 is 11.0. The molecule has 0 aromatic heterocycles. The summed E-state index contributed by atoms with van der Waals surface area (Å²) >= 11 is 5.90. The summed E-state index contributed by atoms with van der Waals surface area (Å²) in [4.78, 5) is 0. The van der Waals surface area contributed by atoms with Gasteiger partial charge in [0.05, 0.1) is 6.61 Å². The fourth-order valence-corrected chi connectivity index (χ4v) is 1.52. The molecule has 2 N–H and O–H groups in total. The molecule has 0 saturated heterocycles. The molecule has 0 heterocycles. The highest BCUT2D eigenvalue weighted by molar-refractivity contribution is 6.30. The first-order valence-corrected chi connectivity index (χ1v) is 6.20. The van der Waals surface area contributed by atoms with Crippen molar-refractivity contribution in [3.8, 4) is 5.75 Å². The number of rotatable bonds is 7. The third-order valence-corrected chi connectivity index (χ3v) is 2.42. The fraction of sp³-hybridized carbons (Fsp3) is 0.538. The smallest absolute Gasteiger partial charge is 0.125 e. The van der Waals surface area contributed by atoms with Gasteiger partial charge < -0.3 is 15.2 Å². The van der Waals surface area contributed by atoms with Crippen molar-refractivity contribution in [3.63, 3.8) is 0 Å². The Morgan fingerprint density at radius 2 is 2.06 bits per heavy atom. The van der Waals surface area contributed by atoms with Crippen molar-refractivity contribution in [2.45, 2.75) is 20.4 Å². The predicted molar refractivity (Wildman–Crippen MR) is 70.5 cm³/mol. The van der Waals surface area contributed by atoms with Gasteiger partial charge in [-0.1, -0.05) is 31.5 Å². The van der Waals surface area contributed by atoms with Crippen molar-refractivity contribution < 1.29 is 9.47 Å². The van der Waals surface area contributed by atoms with Crippen LogP contribution in [0.4, 0.5) is 0 Å². The molecule has 0 radical (unpaired) electrons. The molecule has 3 nitrogen and oxygen atoms in total. The minimum absolute atomic E-state index is 0.444. The van der Waals surface area contributed by atoms with E-state index in [0.717, 1.165) is 17.9 Å². The summed E-state index contributed by atoms with van der Waals surface area (Å²) in [6.45, 7) is 6.52. The molecule has 0 aliphatic rings. The van der Waals surface area contributed by atoms with Crippen LogP contribution < -0.4 is 10.5 Å². The number of hydrogen-bond acceptors (Lipinski definition) is 3. The van der Waals surface area contributed by atoms with E-state index in [0.29, 0.717) is 30.7 Å². The zero-order valence-corrected chi connectivity index (χ0v) is 11.2. The first-order valence-electron chi connectivity index (χ1n) is 5.82. The molecule has 1 rings (SSSR count). The molecular weight excluding hydrogens is 238 g/mol. The normalized spacial score (nSPS) is 10.9. The zero-order valence-electron chi connectivity index (χ0n) is 10.4. The van der Waals surface area contributed by atoms with E-state index in [4.69, 9.17) is 26.8 Å². The van der Waals surface area contributed by atoms with Gasteiger partial charge in [0.15, 0.2) is 0 Å². The van der Waals surface area contributed by atoms with E-state index < -0.39 is 0 Å². The van der Waals surface area contributed by atoms with E-state index in [-0.39, 0.29) is 0 Å². The van der Waals surface area contributed by atoms with Crippen LogP contribution in [-0.2, 0) is 11.3 Å². The Morgan fingerprint density at radius 1 is 1.29 bits per heavy atom. The molecule has 0 amide bonds. The molecule has 96 valence electrons. The van der Waals surface area contributed by atoms with E-state index in [1.54, 1.807) is 6.07 Å². The monoisotopic (exact) mass is 257 g/mol. The number of nitrogens with two attached hydrogens (primary N) is 1. The van der Waals surface area contributed by atoms with Crippen LogP contribution in [-0.4, -0.2) is 19.8 Å². The molecule has 0 aliphatic carbocycles. The van der Waals surface area contributed by atoms with Crippen LogP contribution in [0.1, 0.15) is 19.4 Å². The SMILES string of the molecule is CC(C)COCCOc1cc(Cl)ccc1CN. The van der Waals surface area contributed by atoms with Crippen LogP contribution in [0.3, 0.4) is 0 Å². The minimum atomic E-state index is 0.444. The molecule has 0 atom stereocenters. The van der Waals surface area contributed by atoms with Crippen LogP contribution in [0.2, 0.25) is 5.02 Å². The first kappa shape index (κ1) is 14.3. The number of hydrogen-bond donors (Lipinski definition) is 1. The van der Waals surface area contributed by atoms with Crippen molar-refractivity contribution in [2.75, 3.05) is 19.8 Å². The minimum Gasteiger partial charge on any atom is -0.491 e. The molecular formula is C13H20ClNO2. The largest absolute Gasteiger partial charge is 0.491 e. The van der Waals surface area contributed by atoms with Crippen molar-refractivity contribution in [1.82, 2.24) is 0 Å². The summed E-state index contributed by atoms with van der Waals surface area (Å²) in [5, 5.41) is 0.653. The topological polar surface area (TPSA) is 44.5 Å². The van der Waals surface area contributed by atoms with Crippen LogP contribution >= 0.6 is 11.6 Å². The van der Waals surface area contributed by atoms with Crippen molar-refractivity contribution in [2.24, 2.45) is 11.7 Å². The summed E-state index contributed by atoms with van der Waals surface area (Å²) in [5.41, 5.74) is 6.57. The second-order valence-electron chi connectivity index (χ2n) is 4.27. The average molecular weight is 258 g/mol. The lowest BCUT2D eigenvalue weighted by molar-refractivity contribution is 0.0816. The third-order valence-electron chi connectivity index (χ3n) is 2.19. The Bertz CT molecular complexity index is 342. The molecule has 4 heteroatoms. The van der Waals surface area contributed by atoms with Gasteiger partial charge in [-0.05, 0) is 18.1 Å². The predicted octanol–water partition coefficient (Wildman–Crippen LogP) is 2.85. The second kappa shape index (κ2) is 7.54. The summed E-state index contributed by atoms with van der Waals surface area (Å²) in [6.07, 6.45) is 0. The van der Waals surface area contributed by atoms with Gasteiger partial charge in [0, 0.05) is 23.7 Å². The fourth-order valence-electron chi connectivity index (χ4n) is 1.36. The molecule has 0 spiro atoms. The Labute approximate surface area is 108 Å². The van der Waals surface area contributed by atoms with E-state index in [2.05, 4.69) is 13.8 Å². The van der Waals surface area contributed by atoms with Crippen LogP contribution in [0, 0.1) is 5.92 Å². The van der Waals surface area contributed by atoms with Crippen molar-refractivity contribution in [3.05, 3.63) is 28.8 Å². The van der Waals surface area contributed by atoms with E-state index in [1.165, 1.54) is 0 Å². The lowest BCUT2D eigenvalue weighted by atomic mass is 10.2. The van der Waals surface area contributed by atoms with Gasteiger partial charge in [-0.25, -0.2) is 0 Å². The van der Waals surface area contributed by atoms with Crippen LogP contribution in [0.15, 0.2) is 18.2 Å². The summed E-state index contributed by atoms with van der Waals surface area (Å²) in [6, 6.07) is 5.48. The molecule has 0 bridgehead atoms. The molecule has 1 aromatic carbocycles. The Morgan fingerprint density at radius 3 is 2.71 bits per heavy atom. The van der Waals surface area contributed by atoms with Gasteiger partial charge >= 0.3 is 0 Å². The lowest BCUT2D eigenvalue weighted by Gasteiger charge is -2.11.